The molecule has 13 nitrogen and oxygen atoms in total. The lowest BCUT2D eigenvalue weighted by molar-refractivity contribution is -0.940. The Morgan fingerprint density at radius 1 is 1.22 bits per heavy atom. The maximum Gasteiger partial charge on any atom is 0.474 e. The topological polar surface area (TPSA) is 196 Å². The molecule has 0 unspecified atom stereocenters. The van der Waals surface area contributed by atoms with Crippen LogP contribution in [0.3, 0.4) is 0 Å². The minimum Gasteiger partial charge on any atom is -0.542 e. The number of nitrogens with two attached hydrogens (primary N) is 1. The average molecular weight is 669 g/mol. The molecule has 46 heavy (non-hydrogen) atoms. The first kappa shape index (κ1) is 35.0. The average Bonchev–Trinajstić information content (AvgIpc) is 3.58. The molecule has 250 valence electrons. The fraction of sp³-hybridized carbons (Fsp3) is 0.448. The van der Waals surface area contributed by atoms with E-state index < -0.39 is 25.9 Å². The van der Waals surface area contributed by atoms with Crippen LogP contribution >= 0.6 is 7.82 Å². The van der Waals surface area contributed by atoms with Crippen LogP contribution in [0, 0.1) is 13.8 Å². The summed E-state index contributed by atoms with van der Waals surface area (Å²) in [4.78, 5) is 47.0. The van der Waals surface area contributed by atoms with E-state index in [2.05, 4.69) is 61.0 Å². The molecule has 3 aromatic heterocycles. The molecule has 1 aromatic carbocycles. The predicted molar refractivity (Wildman–Crippen MR) is 159 cm³/mol. The number of nitrogens with one attached hydrogen (secondary N) is 1. The number of phosphoric ester groups is 1. The number of carboxylic acid groups (broad SMARTS) is 1. The Labute approximate surface area is 262 Å². The van der Waals surface area contributed by atoms with Gasteiger partial charge in [0.15, 0.2) is 18.9 Å². The SMILES string of the molecule is Cc1c(-c2[nH]c3ccc(C4CC[N+](COP(=O)(O)O)(CC(N)=O)CC4)cc3c2C(C)C)cn2ncnc2c1C.O=C([O-])C(F)(F)F. The lowest BCUT2D eigenvalue weighted by Crippen LogP contribution is -2.57. The van der Waals surface area contributed by atoms with Gasteiger partial charge in [0.2, 0.25) is 0 Å². The third kappa shape index (κ3) is 7.76. The van der Waals surface area contributed by atoms with Gasteiger partial charge in [-0.3, -0.25) is 9.28 Å². The Bertz CT molecular complexity index is 1810. The van der Waals surface area contributed by atoms with Crippen molar-refractivity contribution >= 4 is 36.2 Å². The number of rotatable bonds is 8. The standard InChI is InChI=1S/C27H35N6O5P.C2HF3O2/c1-16(2)25-21-11-20(19-7-9-33(10-8-19,13-24(28)34)15-38-39(35,36)37)5-6-23(21)31-26(25)22-12-32-27(29-14-30-32)18(4)17(22)3;3-2(4,5)1(6)7/h5-6,11-12,14,16,19,31H,7-10,13,15H2,1-4H3,(H3-,28,34,35,36,37);(H,6,7). The minimum atomic E-state index is -5.19. The number of nitrogens with zero attached hydrogens (tertiary/aromatic N) is 4. The molecule has 1 amide bonds. The van der Waals surface area contributed by atoms with E-state index >= 15 is 0 Å². The van der Waals surface area contributed by atoms with Crippen LogP contribution in [0.15, 0.2) is 30.7 Å². The second-order valence-electron chi connectivity index (χ2n) is 11.9. The summed E-state index contributed by atoms with van der Waals surface area (Å²) in [7, 11) is -4.65. The van der Waals surface area contributed by atoms with Gasteiger partial charge >= 0.3 is 14.0 Å². The summed E-state index contributed by atoms with van der Waals surface area (Å²) in [5, 5.41) is 14.3. The van der Waals surface area contributed by atoms with E-state index in [-0.39, 0.29) is 29.6 Å². The fourth-order valence-electron chi connectivity index (χ4n) is 6.06. The van der Waals surface area contributed by atoms with Crippen LogP contribution in [0.2, 0.25) is 0 Å². The normalized spacial score (nSPS) is 19.0. The number of primary amides is 1. The third-order valence-electron chi connectivity index (χ3n) is 8.43. The number of carbonyl (C=O) groups is 2. The van der Waals surface area contributed by atoms with Gasteiger partial charge in [-0.05, 0) is 60.1 Å². The van der Waals surface area contributed by atoms with Crippen LogP contribution in [-0.4, -0.2) is 78.3 Å². The van der Waals surface area contributed by atoms with Crippen LogP contribution in [-0.2, 0) is 18.7 Å². The number of aryl methyl sites for hydroxylation is 1. The molecule has 5 rings (SSSR count). The molecule has 0 saturated carbocycles. The zero-order valence-corrected chi connectivity index (χ0v) is 26.6. The molecule has 0 radical (unpaired) electrons. The van der Waals surface area contributed by atoms with E-state index in [1.165, 1.54) is 16.5 Å². The van der Waals surface area contributed by atoms with Crippen molar-refractivity contribution in [2.75, 3.05) is 26.4 Å². The van der Waals surface area contributed by atoms with E-state index in [0.29, 0.717) is 13.1 Å². The predicted octanol–water partition coefficient (Wildman–Crippen LogP) is 3.16. The summed E-state index contributed by atoms with van der Waals surface area (Å²) >= 11 is 0. The minimum absolute atomic E-state index is 0.0146. The summed E-state index contributed by atoms with van der Waals surface area (Å²) < 4.78 is 49.6. The third-order valence-corrected chi connectivity index (χ3v) is 8.89. The van der Waals surface area contributed by atoms with Crippen LogP contribution < -0.4 is 10.8 Å². The lowest BCUT2D eigenvalue weighted by Gasteiger charge is -2.42. The molecule has 1 saturated heterocycles. The van der Waals surface area contributed by atoms with Crippen molar-refractivity contribution in [2.24, 2.45) is 5.73 Å². The number of aliphatic carboxylic acids is 1. The van der Waals surface area contributed by atoms with Gasteiger partial charge in [0.05, 0.1) is 18.8 Å². The molecule has 0 bridgehead atoms. The van der Waals surface area contributed by atoms with Gasteiger partial charge in [0, 0.05) is 35.5 Å². The zero-order valence-electron chi connectivity index (χ0n) is 25.7. The molecule has 0 atom stereocenters. The van der Waals surface area contributed by atoms with Gasteiger partial charge < -0.3 is 30.4 Å². The number of quaternary nitrogens is 1. The number of aromatic amines is 1. The number of halogens is 3. The number of hydrogen-bond donors (Lipinski definition) is 4. The monoisotopic (exact) mass is 668 g/mol. The Hall–Kier alpha value is -3.82. The zero-order chi connectivity index (χ0) is 34.2. The number of aromatic nitrogens is 4. The molecule has 0 aliphatic carbocycles. The maximum atomic E-state index is 11.8. The summed E-state index contributed by atoms with van der Waals surface area (Å²) in [6, 6.07) is 6.55. The van der Waals surface area contributed by atoms with Gasteiger partial charge in [-0.2, -0.15) is 18.3 Å². The largest absolute Gasteiger partial charge is 0.542 e. The first-order valence-corrected chi connectivity index (χ1v) is 15.9. The number of carbonyl (C=O) groups excluding carboxylic acids is 2. The summed E-state index contributed by atoms with van der Waals surface area (Å²) in [6.07, 6.45) is -0.0806. The molecular formula is C29H36F3N6O7P. The molecular weight excluding hydrogens is 632 g/mol. The van der Waals surface area contributed by atoms with Crippen molar-refractivity contribution in [3.05, 3.63) is 53.0 Å². The second-order valence-corrected chi connectivity index (χ2v) is 13.2. The van der Waals surface area contributed by atoms with Crippen LogP contribution in [0.5, 0.6) is 0 Å². The van der Waals surface area contributed by atoms with E-state index in [1.54, 1.807) is 6.33 Å². The number of benzene rings is 1. The number of carboxylic acids is 1. The van der Waals surface area contributed by atoms with Gasteiger partial charge in [0.1, 0.15) is 12.3 Å². The number of phosphoric acid groups is 1. The van der Waals surface area contributed by atoms with E-state index in [4.69, 9.17) is 20.2 Å². The van der Waals surface area contributed by atoms with Gasteiger partial charge in [-0.25, -0.2) is 18.6 Å². The van der Waals surface area contributed by atoms with Crippen molar-refractivity contribution in [3.8, 4) is 11.3 Å². The molecule has 4 heterocycles. The van der Waals surface area contributed by atoms with Crippen LogP contribution in [0.25, 0.3) is 27.8 Å². The van der Waals surface area contributed by atoms with Gasteiger partial charge in [-0.1, -0.05) is 19.9 Å². The number of alkyl halides is 3. The molecule has 0 spiro atoms. The number of H-pyrrole nitrogens is 1. The van der Waals surface area contributed by atoms with Crippen LogP contribution in [0.4, 0.5) is 13.2 Å². The lowest BCUT2D eigenvalue weighted by atomic mass is 9.86. The van der Waals surface area contributed by atoms with Gasteiger partial charge in [0.25, 0.3) is 5.91 Å². The highest BCUT2D eigenvalue weighted by Crippen LogP contribution is 2.41. The Morgan fingerprint density at radius 2 is 1.85 bits per heavy atom. The highest BCUT2D eigenvalue weighted by atomic mass is 31.2. The van der Waals surface area contributed by atoms with Crippen molar-refractivity contribution in [2.45, 2.75) is 58.5 Å². The molecule has 1 aliphatic heterocycles. The second kappa shape index (κ2) is 13.1. The van der Waals surface area contributed by atoms with E-state index in [0.717, 1.165) is 46.4 Å². The van der Waals surface area contributed by atoms with E-state index in [1.807, 2.05) is 10.7 Å². The number of pyridine rings is 1. The highest BCUT2D eigenvalue weighted by Gasteiger charge is 2.38. The van der Waals surface area contributed by atoms with Crippen molar-refractivity contribution < 1.29 is 51.2 Å². The Morgan fingerprint density at radius 3 is 2.39 bits per heavy atom. The van der Waals surface area contributed by atoms with Crippen molar-refractivity contribution in [1.82, 2.24) is 19.6 Å². The Balaban J connectivity index is 0.000000617. The number of hydrogen-bond acceptors (Lipinski definition) is 7. The fourth-order valence-corrected chi connectivity index (χ4v) is 6.46. The Kier molecular flexibility index (Phi) is 10.00. The number of fused-ring (bicyclic) bond motifs is 2. The van der Waals surface area contributed by atoms with Gasteiger partial charge in [-0.15, -0.1) is 0 Å². The first-order valence-electron chi connectivity index (χ1n) is 14.4. The smallest absolute Gasteiger partial charge is 0.474 e. The molecule has 17 heteroatoms. The molecule has 1 aliphatic rings. The van der Waals surface area contributed by atoms with E-state index in [9.17, 15) is 32.3 Å². The summed E-state index contributed by atoms with van der Waals surface area (Å²) in [5.74, 6) is -3.00. The molecule has 5 N–H and O–H groups in total. The molecule has 4 aromatic rings. The number of amides is 1. The summed E-state index contributed by atoms with van der Waals surface area (Å²) in [5.41, 5.74) is 14.3. The highest BCUT2D eigenvalue weighted by molar-refractivity contribution is 7.46. The first-order chi connectivity index (χ1) is 21.3. The number of likely N-dealkylation sites (tertiary alicyclic amines) is 1. The maximum absolute atomic E-state index is 11.8. The quantitative estimate of drug-likeness (QED) is 0.161. The summed E-state index contributed by atoms with van der Waals surface area (Å²) in [6.45, 7) is 9.41. The number of piperidine rings is 1. The van der Waals surface area contributed by atoms with Crippen LogP contribution in [0.1, 0.15) is 60.8 Å². The molecule has 1 fully saturated rings. The van der Waals surface area contributed by atoms with Crippen molar-refractivity contribution in [3.63, 3.8) is 0 Å². The van der Waals surface area contributed by atoms with Crippen molar-refractivity contribution in [1.29, 1.82) is 0 Å².